The molecule has 0 amide bonds. The fourth-order valence-electron chi connectivity index (χ4n) is 3.88. The van der Waals surface area contributed by atoms with Crippen LogP contribution in [-0.4, -0.2) is 69.8 Å². The summed E-state index contributed by atoms with van der Waals surface area (Å²) in [6.07, 6.45) is 0. The molecule has 0 aromatic heterocycles. The van der Waals surface area contributed by atoms with Crippen molar-refractivity contribution in [2.75, 3.05) is 19.6 Å². The van der Waals surface area contributed by atoms with E-state index in [-0.39, 0.29) is 0 Å². The van der Waals surface area contributed by atoms with Crippen LogP contribution in [0.3, 0.4) is 0 Å². The summed E-state index contributed by atoms with van der Waals surface area (Å²) in [7, 11) is -3.73. The Morgan fingerprint density at radius 1 is 0.619 bits per heavy atom. The van der Waals surface area contributed by atoms with Crippen molar-refractivity contribution in [3.05, 3.63) is 0 Å². The van der Waals surface area contributed by atoms with Crippen molar-refractivity contribution < 1.29 is 0 Å². The summed E-state index contributed by atoms with van der Waals surface area (Å²) in [5.74, 6) is 0. The van der Waals surface area contributed by atoms with Crippen molar-refractivity contribution in [1.29, 1.82) is 0 Å². The van der Waals surface area contributed by atoms with E-state index >= 15 is 0 Å². The molecular formula is C14H36AlN3Si3. The Balaban J connectivity index is 2.50. The van der Waals surface area contributed by atoms with E-state index in [4.69, 9.17) is 0 Å². The number of rotatable bonds is 3. The summed E-state index contributed by atoms with van der Waals surface area (Å²) in [4.78, 5) is 0. The summed E-state index contributed by atoms with van der Waals surface area (Å²) in [5.41, 5.74) is 0.489. The summed E-state index contributed by atoms with van der Waals surface area (Å²) in [6, 6.07) is 0. The molecule has 3 aliphatic rings. The van der Waals surface area contributed by atoms with E-state index in [0.717, 1.165) is 0 Å². The summed E-state index contributed by atoms with van der Waals surface area (Å²) in [5, 5.41) is 0. The van der Waals surface area contributed by atoms with Gasteiger partial charge >= 0.3 is 14.8 Å². The largest absolute Gasteiger partial charge is 0.587 e. The van der Waals surface area contributed by atoms with Crippen molar-refractivity contribution >= 4 is 39.5 Å². The van der Waals surface area contributed by atoms with Gasteiger partial charge in [-0.1, -0.05) is 65.8 Å². The minimum Gasteiger partial charge on any atom is -0.380 e. The van der Waals surface area contributed by atoms with E-state index in [0.29, 0.717) is 5.41 Å². The number of nitrogens with zero attached hydrogens (tertiary/aromatic N) is 3. The van der Waals surface area contributed by atoms with E-state index in [1.54, 1.807) is 0 Å². The van der Waals surface area contributed by atoms with E-state index in [1.807, 2.05) is 0 Å². The van der Waals surface area contributed by atoms with E-state index in [9.17, 15) is 0 Å². The third-order valence-electron chi connectivity index (χ3n) is 5.08. The summed E-state index contributed by atoms with van der Waals surface area (Å²) >= 11 is -1.12. The molecule has 0 aromatic rings. The van der Waals surface area contributed by atoms with Crippen molar-refractivity contribution in [2.24, 2.45) is 5.41 Å². The molecule has 3 heterocycles. The Bertz CT molecular complexity index is 351. The van der Waals surface area contributed by atoms with Crippen LogP contribution in [0.4, 0.5) is 0 Å². The fraction of sp³-hybridized carbons (Fsp3) is 1.00. The predicted molar refractivity (Wildman–Crippen MR) is 104 cm³/mol. The molecule has 0 unspecified atom stereocenters. The first kappa shape index (κ1) is 18.4. The second-order valence-electron chi connectivity index (χ2n) is 10.6. The van der Waals surface area contributed by atoms with Gasteiger partial charge in [-0.25, -0.2) is 0 Å². The van der Waals surface area contributed by atoms with E-state index in [1.165, 1.54) is 19.6 Å². The molecule has 0 radical (unpaired) electrons. The Morgan fingerprint density at radius 2 is 0.857 bits per heavy atom. The highest BCUT2D eigenvalue weighted by atomic mass is 28.4. The van der Waals surface area contributed by atoms with Crippen LogP contribution in [0.15, 0.2) is 0 Å². The van der Waals surface area contributed by atoms with Crippen molar-refractivity contribution in [3.8, 4) is 0 Å². The average Bonchev–Trinajstić information content (AvgIpc) is 2.23. The zero-order valence-corrected chi connectivity index (χ0v) is 20.2. The standard InChI is InChI=1S/C14H36N3Si3.Al/c1-14(11-15-18(2,3)4,12-16-19(5,6)7)13-17-20(8,9)10;/h11-13H2,1-10H3;/q-3;+3. The van der Waals surface area contributed by atoms with Gasteiger partial charge in [0.2, 0.25) is 0 Å². The molecule has 7 heteroatoms. The van der Waals surface area contributed by atoms with Gasteiger partial charge in [-0.05, 0) is 25.0 Å². The topological polar surface area (TPSA) is 9.72 Å². The molecule has 0 spiro atoms. The van der Waals surface area contributed by atoms with Gasteiger partial charge < -0.3 is 10.6 Å². The average molecular weight is 358 g/mol. The summed E-state index contributed by atoms with van der Waals surface area (Å²) in [6.45, 7) is 29.8. The first-order chi connectivity index (χ1) is 9.15. The zero-order valence-electron chi connectivity index (χ0n) is 16.0. The maximum Gasteiger partial charge on any atom is 0.587 e. The molecule has 3 saturated heterocycles. The quantitative estimate of drug-likeness (QED) is 0.717. The van der Waals surface area contributed by atoms with Gasteiger partial charge in [-0.15, -0.1) is 0 Å². The van der Waals surface area contributed by atoms with Crippen LogP contribution in [0.25, 0.3) is 0 Å². The molecule has 0 saturated carbocycles. The first-order valence-corrected chi connectivity index (χ1v) is 20.3. The van der Waals surface area contributed by atoms with Gasteiger partial charge in [0.25, 0.3) is 0 Å². The minimum absolute atomic E-state index is 0.489. The number of hydrogen-bond acceptors (Lipinski definition) is 3. The first-order valence-electron chi connectivity index (χ1n) is 8.45. The molecule has 122 valence electrons. The normalized spacial score (nSPS) is 25.7. The van der Waals surface area contributed by atoms with Gasteiger partial charge in [-0.2, -0.15) is 0 Å². The highest BCUT2D eigenvalue weighted by Crippen LogP contribution is 2.41. The number of fused-ring (bicyclic) bond motifs is 3. The van der Waals surface area contributed by atoms with Crippen LogP contribution in [0.5, 0.6) is 0 Å². The van der Waals surface area contributed by atoms with E-state index < -0.39 is 39.5 Å². The molecule has 2 bridgehead atoms. The monoisotopic (exact) mass is 357 g/mol. The van der Waals surface area contributed by atoms with Gasteiger partial charge in [0, 0.05) is 0 Å². The molecule has 0 aliphatic carbocycles. The van der Waals surface area contributed by atoms with Gasteiger partial charge in [0.15, 0.2) is 0 Å². The molecule has 0 aromatic carbocycles. The van der Waals surface area contributed by atoms with Crippen LogP contribution in [0.2, 0.25) is 58.9 Å². The summed E-state index contributed by atoms with van der Waals surface area (Å²) < 4.78 is 9.20. The molecule has 21 heavy (non-hydrogen) atoms. The lowest BCUT2D eigenvalue weighted by Crippen LogP contribution is -2.86. The van der Waals surface area contributed by atoms with Crippen LogP contribution in [-0.2, 0) is 0 Å². The zero-order chi connectivity index (χ0) is 16.4. The van der Waals surface area contributed by atoms with Gasteiger partial charge in [0.1, 0.15) is 0 Å². The lowest BCUT2D eigenvalue weighted by atomic mass is 9.91. The fourth-order valence-corrected chi connectivity index (χ4v) is 21.1. The predicted octanol–water partition coefficient (Wildman–Crippen LogP) is 3.42. The third-order valence-corrected chi connectivity index (χ3v) is 22.0. The highest BCUT2D eigenvalue weighted by molar-refractivity contribution is 6.93. The Kier molecular flexibility index (Phi) is 4.63. The molecule has 3 fully saturated rings. The lowest BCUT2D eigenvalue weighted by molar-refractivity contribution is 0.124. The van der Waals surface area contributed by atoms with Crippen molar-refractivity contribution in [2.45, 2.75) is 65.8 Å². The SMILES string of the molecule is CC12C[N]([Si](C)(C)C)[Al]([N]([Si](C)(C)C)C1)[N]([Si](C)(C)C)C2. The molecule has 0 N–H and O–H groups in total. The van der Waals surface area contributed by atoms with Crippen LogP contribution in [0.1, 0.15) is 6.92 Å². The smallest absolute Gasteiger partial charge is 0.380 e. The molecule has 0 atom stereocenters. The van der Waals surface area contributed by atoms with Crippen LogP contribution in [0, 0.1) is 5.41 Å². The molecular weight excluding hydrogens is 321 g/mol. The lowest BCUT2D eigenvalue weighted by Gasteiger charge is -2.67. The Labute approximate surface area is 141 Å². The minimum atomic E-state index is -1.24. The molecule has 3 aliphatic heterocycles. The Hall–Kier alpha value is 1.06. The second kappa shape index (κ2) is 5.28. The second-order valence-corrected chi connectivity index (χ2v) is 29.4. The molecule has 3 nitrogen and oxygen atoms in total. The van der Waals surface area contributed by atoms with Gasteiger partial charge in [0.05, 0.1) is 24.7 Å². The maximum absolute atomic E-state index is 3.07. The van der Waals surface area contributed by atoms with Crippen LogP contribution < -0.4 is 0 Å². The van der Waals surface area contributed by atoms with Crippen LogP contribution >= 0.6 is 0 Å². The Morgan fingerprint density at radius 3 is 1.05 bits per heavy atom. The molecule has 3 rings (SSSR count). The maximum atomic E-state index is 3.07. The van der Waals surface area contributed by atoms with E-state index in [2.05, 4.69) is 76.5 Å². The van der Waals surface area contributed by atoms with Crippen molar-refractivity contribution in [3.63, 3.8) is 0 Å². The highest BCUT2D eigenvalue weighted by Gasteiger charge is 2.62. The van der Waals surface area contributed by atoms with Gasteiger partial charge in [-0.3, -0.25) is 0 Å². The third kappa shape index (κ3) is 3.61. The number of hydrogen-bond donors (Lipinski definition) is 0. The van der Waals surface area contributed by atoms with Crippen molar-refractivity contribution in [1.82, 2.24) is 10.6 Å².